The van der Waals surface area contributed by atoms with Gasteiger partial charge in [0.25, 0.3) is 0 Å². The molecule has 2 aromatic rings. The van der Waals surface area contributed by atoms with Gasteiger partial charge in [-0.1, -0.05) is 31.5 Å². The molecule has 3 rings (SSSR count). The minimum Gasteiger partial charge on any atom is -0.448 e. The van der Waals surface area contributed by atoms with Crippen LogP contribution < -0.4 is 10.2 Å². The molecule has 0 radical (unpaired) electrons. The van der Waals surface area contributed by atoms with Crippen molar-refractivity contribution in [3.8, 4) is 0 Å². The quantitative estimate of drug-likeness (QED) is 0.919. The first-order valence-corrected chi connectivity index (χ1v) is 7.51. The summed E-state index contributed by atoms with van der Waals surface area (Å²) < 4.78 is 5.13. The Morgan fingerprint density at radius 1 is 1.50 bits per heavy atom. The highest BCUT2D eigenvalue weighted by Crippen LogP contribution is 2.44. The van der Waals surface area contributed by atoms with Crippen molar-refractivity contribution in [1.82, 2.24) is 10.3 Å². The molecule has 0 fully saturated rings. The number of hydrogen-bond acceptors (Lipinski definition) is 3. The highest BCUT2D eigenvalue weighted by molar-refractivity contribution is 6.32. The van der Waals surface area contributed by atoms with Crippen LogP contribution in [0.2, 0.25) is 5.02 Å². The van der Waals surface area contributed by atoms with Gasteiger partial charge in [-0.05, 0) is 19.1 Å². The molecule has 2 heterocycles. The number of benzene rings is 1. The summed E-state index contributed by atoms with van der Waals surface area (Å²) in [4.78, 5) is 18.3. The molecule has 0 aliphatic carbocycles. The summed E-state index contributed by atoms with van der Waals surface area (Å²) in [6, 6.07) is 5.50. The van der Waals surface area contributed by atoms with Crippen LogP contribution in [0.4, 0.5) is 10.5 Å². The van der Waals surface area contributed by atoms with E-state index in [0.29, 0.717) is 23.9 Å². The molecule has 1 N–H and O–H groups in total. The molecule has 1 aliphatic heterocycles. The second-order valence-electron chi connectivity index (χ2n) is 6.12. The monoisotopic (exact) mass is 319 g/mol. The van der Waals surface area contributed by atoms with E-state index in [2.05, 4.69) is 24.1 Å². The number of aryl methyl sites for hydroxylation is 1. The number of aromatic nitrogens is 1. The Kier molecular flexibility index (Phi) is 3.60. The number of amides is 2. The molecule has 22 heavy (non-hydrogen) atoms. The average Bonchev–Trinajstić information content (AvgIpc) is 2.98. The van der Waals surface area contributed by atoms with Crippen LogP contribution >= 0.6 is 11.6 Å². The Hall–Kier alpha value is -2.01. The number of hydrogen-bond donors (Lipinski definition) is 1. The fourth-order valence-electron chi connectivity index (χ4n) is 2.90. The van der Waals surface area contributed by atoms with Crippen LogP contribution in [0, 0.1) is 6.92 Å². The molecule has 0 unspecified atom stereocenters. The van der Waals surface area contributed by atoms with Gasteiger partial charge in [0.2, 0.25) is 0 Å². The molecule has 0 spiro atoms. The number of nitrogens with zero attached hydrogens (tertiary/aromatic N) is 2. The minimum atomic E-state index is -0.172. The van der Waals surface area contributed by atoms with E-state index >= 15 is 0 Å². The SMILES string of the molecule is Cc1ocnc1CNC(=O)N1CC(C)(C)c2c(Cl)cccc21. The van der Waals surface area contributed by atoms with Gasteiger partial charge in [-0.3, -0.25) is 4.90 Å². The first-order chi connectivity index (χ1) is 10.4. The summed E-state index contributed by atoms with van der Waals surface area (Å²) in [7, 11) is 0. The number of oxazole rings is 1. The van der Waals surface area contributed by atoms with Crippen molar-refractivity contribution in [2.24, 2.45) is 0 Å². The largest absolute Gasteiger partial charge is 0.448 e. The lowest BCUT2D eigenvalue weighted by Gasteiger charge is -2.21. The lowest BCUT2D eigenvalue weighted by molar-refractivity contribution is 0.245. The second kappa shape index (κ2) is 5.32. The third-order valence-corrected chi connectivity index (χ3v) is 4.32. The first kappa shape index (κ1) is 14.9. The standard InChI is InChI=1S/C16H18ClN3O2/c1-10-12(19-9-22-10)7-18-15(21)20-8-16(2,3)14-11(17)5-4-6-13(14)20/h4-6,9H,7-8H2,1-3H3,(H,18,21). The second-order valence-corrected chi connectivity index (χ2v) is 6.53. The fourth-order valence-corrected chi connectivity index (χ4v) is 3.33. The highest BCUT2D eigenvalue weighted by atomic mass is 35.5. The van der Waals surface area contributed by atoms with E-state index < -0.39 is 0 Å². The van der Waals surface area contributed by atoms with Crippen molar-refractivity contribution in [1.29, 1.82) is 0 Å². The first-order valence-electron chi connectivity index (χ1n) is 7.13. The smallest absolute Gasteiger partial charge is 0.322 e. The maximum atomic E-state index is 12.5. The molecular formula is C16H18ClN3O2. The molecule has 1 aromatic heterocycles. The normalized spacial score (nSPS) is 15.7. The van der Waals surface area contributed by atoms with Gasteiger partial charge in [-0.2, -0.15) is 0 Å². The minimum absolute atomic E-state index is 0.156. The Bertz CT molecular complexity index is 724. The van der Waals surface area contributed by atoms with Gasteiger partial charge < -0.3 is 9.73 Å². The van der Waals surface area contributed by atoms with Gasteiger partial charge in [0.1, 0.15) is 11.5 Å². The number of urea groups is 1. The predicted molar refractivity (Wildman–Crippen MR) is 85.3 cm³/mol. The van der Waals surface area contributed by atoms with E-state index in [1.165, 1.54) is 6.39 Å². The lowest BCUT2D eigenvalue weighted by atomic mass is 9.87. The molecule has 0 atom stereocenters. The highest BCUT2D eigenvalue weighted by Gasteiger charge is 2.39. The third kappa shape index (κ3) is 2.46. The van der Waals surface area contributed by atoms with Crippen molar-refractivity contribution in [3.63, 3.8) is 0 Å². The third-order valence-electron chi connectivity index (χ3n) is 4.01. The van der Waals surface area contributed by atoms with E-state index in [4.69, 9.17) is 16.0 Å². The van der Waals surface area contributed by atoms with Gasteiger partial charge in [0, 0.05) is 22.5 Å². The number of carbonyl (C=O) groups excluding carboxylic acids is 1. The summed E-state index contributed by atoms with van der Waals surface area (Å²) >= 11 is 6.32. The Morgan fingerprint density at radius 3 is 2.95 bits per heavy atom. The van der Waals surface area contributed by atoms with Crippen molar-refractivity contribution in [2.75, 3.05) is 11.4 Å². The molecule has 116 valence electrons. The summed E-state index contributed by atoms with van der Waals surface area (Å²) in [6.07, 6.45) is 1.38. The van der Waals surface area contributed by atoms with Crippen molar-refractivity contribution < 1.29 is 9.21 Å². The number of fused-ring (bicyclic) bond motifs is 1. The van der Waals surface area contributed by atoms with Crippen molar-refractivity contribution >= 4 is 23.3 Å². The molecule has 5 nitrogen and oxygen atoms in total. The zero-order chi connectivity index (χ0) is 15.9. The van der Waals surface area contributed by atoms with Gasteiger partial charge in [-0.15, -0.1) is 0 Å². The van der Waals surface area contributed by atoms with Gasteiger partial charge >= 0.3 is 6.03 Å². The summed E-state index contributed by atoms with van der Waals surface area (Å²) in [5, 5.41) is 3.59. The van der Waals surface area contributed by atoms with Crippen LogP contribution in [-0.4, -0.2) is 17.6 Å². The Morgan fingerprint density at radius 2 is 2.27 bits per heavy atom. The molecule has 0 bridgehead atoms. The Balaban J connectivity index is 1.81. The maximum absolute atomic E-state index is 12.5. The summed E-state index contributed by atoms with van der Waals surface area (Å²) in [5.74, 6) is 0.713. The topological polar surface area (TPSA) is 58.4 Å². The van der Waals surface area contributed by atoms with Crippen LogP contribution in [0.5, 0.6) is 0 Å². The van der Waals surface area contributed by atoms with Crippen LogP contribution in [0.3, 0.4) is 0 Å². The number of halogens is 1. The molecule has 1 aromatic carbocycles. The summed E-state index contributed by atoms with van der Waals surface area (Å²) in [5.41, 5.74) is 2.45. The fraction of sp³-hybridized carbons (Fsp3) is 0.375. The zero-order valence-electron chi connectivity index (χ0n) is 12.8. The van der Waals surface area contributed by atoms with E-state index in [1.807, 2.05) is 25.1 Å². The molecule has 2 amide bonds. The van der Waals surface area contributed by atoms with Crippen molar-refractivity contribution in [3.05, 3.63) is 46.6 Å². The van der Waals surface area contributed by atoms with E-state index in [1.54, 1.807) is 4.90 Å². The molecule has 6 heteroatoms. The number of anilines is 1. The van der Waals surface area contributed by atoms with Crippen LogP contribution in [-0.2, 0) is 12.0 Å². The molecule has 0 saturated heterocycles. The van der Waals surface area contributed by atoms with Crippen LogP contribution in [0.1, 0.15) is 30.9 Å². The number of carbonyl (C=O) groups is 1. The van der Waals surface area contributed by atoms with Gasteiger partial charge in [-0.25, -0.2) is 9.78 Å². The molecule has 0 saturated carbocycles. The van der Waals surface area contributed by atoms with Gasteiger partial charge in [0.05, 0.1) is 12.2 Å². The lowest BCUT2D eigenvalue weighted by Crippen LogP contribution is -2.41. The van der Waals surface area contributed by atoms with E-state index in [0.717, 1.165) is 16.9 Å². The molecule has 1 aliphatic rings. The summed E-state index contributed by atoms with van der Waals surface area (Å²) in [6.45, 7) is 6.94. The van der Waals surface area contributed by atoms with E-state index in [-0.39, 0.29) is 11.4 Å². The maximum Gasteiger partial charge on any atom is 0.322 e. The average molecular weight is 320 g/mol. The van der Waals surface area contributed by atoms with Crippen LogP contribution in [0.15, 0.2) is 29.0 Å². The van der Waals surface area contributed by atoms with Gasteiger partial charge in [0.15, 0.2) is 6.39 Å². The van der Waals surface area contributed by atoms with Crippen LogP contribution in [0.25, 0.3) is 0 Å². The van der Waals surface area contributed by atoms with E-state index in [9.17, 15) is 4.79 Å². The molecular weight excluding hydrogens is 302 g/mol. The number of nitrogens with one attached hydrogen (secondary N) is 1. The zero-order valence-corrected chi connectivity index (χ0v) is 13.6. The predicted octanol–water partition coefficient (Wildman–Crippen LogP) is 3.64. The van der Waals surface area contributed by atoms with Crippen molar-refractivity contribution in [2.45, 2.75) is 32.7 Å². The number of rotatable bonds is 2. The Labute approximate surface area is 134 Å².